The Balaban J connectivity index is 1.38. The van der Waals surface area contributed by atoms with Crippen LogP contribution in [0.2, 0.25) is 23.2 Å². The minimum Gasteiger partial charge on any atom is -0.490 e. The van der Waals surface area contributed by atoms with E-state index < -0.39 is 42.3 Å². The van der Waals surface area contributed by atoms with Crippen molar-refractivity contribution in [3.63, 3.8) is 0 Å². The monoisotopic (exact) mass is 778 g/mol. The van der Waals surface area contributed by atoms with Crippen molar-refractivity contribution in [1.29, 1.82) is 0 Å². The first-order valence-electron chi connectivity index (χ1n) is 18.3. The molecule has 0 amide bonds. The number of allylic oxidation sites excluding steroid dienone is 1. The minimum atomic E-state index is -3.55. The van der Waals surface area contributed by atoms with Crippen LogP contribution in [0.25, 0.3) is 0 Å². The Morgan fingerprint density at radius 3 is 2.65 bits per heavy atom. The number of aryl methyl sites for hydroxylation is 1. The molecule has 1 fully saturated rings. The molecule has 1 unspecified atom stereocenters. The normalized spacial score (nSPS) is 23.7. The average Bonchev–Trinajstić information content (AvgIpc) is 3.46. The number of methoxy groups -OCH3 is 2. The summed E-state index contributed by atoms with van der Waals surface area (Å²) in [6.45, 7) is 14.0. The fraction of sp³-hybridized carbons (Fsp3) is 0.615. The molecule has 0 radical (unpaired) electrons. The minimum absolute atomic E-state index is 0.0927. The summed E-state index contributed by atoms with van der Waals surface area (Å²) in [4.78, 5) is 14.9. The number of ether oxygens (including phenoxy) is 4. The van der Waals surface area contributed by atoms with Crippen molar-refractivity contribution in [3.05, 3.63) is 70.0 Å². The lowest BCUT2D eigenvalue weighted by molar-refractivity contribution is -0.0322. The topological polar surface area (TPSA) is 103 Å². The Hall–Kier alpha value is -2.48. The number of esters is 1. The molecule has 1 spiro atoms. The molecule has 0 saturated carbocycles. The highest BCUT2D eigenvalue weighted by atomic mass is 35.5. The first-order valence-corrected chi connectivity index (χ1v) is 23.3. The summed E-state index contributed by atoms with van der Waals surface area (Å²) in [6, 6.07) is 11.5. The molecule has 2 aromatic carbocycles. The van der Waals surface area contributed by atoms with Gasteiger partial charge in [0.05, 0.1) is 36.8 Å². The summed E-state index contributed by atoms with van der Waals surface area (Å²) in [5.41, 5.74) is 3.29. The second-order valence-electron chi connectivity index (χ2n) is 16.5. The molecule has 2 heterocycles. The van der Waals surface area contributed by atoms with Crippen LogP contribution in [-0.2, 0) is 36.1 Å². The lowest BCUT2D eigenvalue weighted by Gasteiger charge is -2.41. The van der Waals surface area contributed by atoms with Crippen LogP contribution in [-0.4, -0.2) is 81.1 Å². The molecule has 5 atom stereocenters. The molecule has 2 aromatic rings. The van der Waals surface area contributed by atoms with Gasteiger partial charge in [-0.3, -0.25) is 0 Å². The lowest BCUT2D eigenvalue weighted by Crippen LogP contribution is -2.55. The molecule has 2 aliphatic heterocycles. The molecule has 52 heavy (non-hydrogen) atoms. The molecule has 288 valence electrons. The van der Waals surface area contributed by atoms with E-state index in [0.29, 0.717) is 49.1 Å². The molecule has 5 rings (SSSR count). The van der Waals surface area contributed by atoms with Crippen molar-refractivity contribution in [3.8, 4) is 5.75 Å². The third-order valence-electron chi connectivity index (χ3n) is 11.5. The predicted octanol–water partition coefficient (Wildman–Crippen LogP) is 7.82. The van der Waals surface area contributed by atoms with Gasteiger partial charge in [-0.05, 0) is 90.6 Å². The van der Waals surface area contributed by atoms with Crippen LogP contribution in [0.4, 0.5) is 10.1 Å². The smallest absolute Gasteiger partial charge is 0.337 e. The summed E-state index contributed by atoms with van der Waals surface area (Å²) in [7, 11) is -3.01. The standard InChI is InChI=1S/C39H56ClFN2O7SSi/c1-26(23-51(45,46)42-52(7,8)38(2,3)4)11-15-32(41)36(47-5)35-29(17-19-49-35)22-43-24-39(18-9-10-27-20-30(40)13-14-31(27)39)25-50-34-16-12-28(21-33(34)43)37(44)48-6/h12-16,20-21,26,29,35-36,42H,9-11,17-19,22-25H2,1-8H3/b32-15-/t26-,29-,35+,36?,39-/m0/s1. The maximum Gasteiger partial charge on any atom is 0.337 e. The molecule has 13 heteroatoms. The van der Waals surface area contributed by atoms with Gasteiger partial charge < -0.3 is 23.8 Å². The van der Waals surface area contributed by atoms with Crippen LogP contribution in [0.5, 0.6) is 5.75 Å². The Kier molecular flexibility index (Phi) is 12.6. The molecule has 1 saturated heterocycles. The van der Waals surface area contributed by atoms with E-state index in [1.807, 2.05) is 38.2 Å². The van der Waals surface area contributed by atoms with E-state index in [1.165, 1.54) is 31.4 Å². The van der Waals surface area contributed by atoms with E-state index in [9.17, 15) is 13.2 Å². The van der Waals surface area contributed by atoms with Gasteiger partial charge in [0.25, 0.3) is 0 Å². The summed E-state index contributed by atoms with van der Waals surface area (Å²) in [5.74, 6) is -0.761. The summed E-state index contributed by atoms with van der Waals surface area (Å²) >= 11 is 6.43. The van der Waals surface area contributed by atoms with Crippen molar-refractivity contribution in [2.75, 3.05) is 51.2 Å². The van der Waals surface area contributed by atoms with Gasteiger partial charge in [0.2, 0.25) is 10.0 Å². The SMILES string of the molecule is COC(=O)c1ccc2c(c1)N(C[C@@H]1CCO[C@H]1C(OC)/C(F)=C/C[C@H](C)CS(=O)(=O)N[Si](C)(C)C(C)(C)C)C[C@@]1(CCCc3cc(Cl)ccc31)CO2. The fourth-order valence-electron chi connectivity index (χ4n) is 7.69. The van der Waals surface area contributed by atoms with Gasteiger partial charge in [0.1, 0.15) is 25.9 Å². The van der Waals surface area contributed by atoms with Gasteiger partial charge in [-0.2, -0.15) is 0 Å². The van der Waals surface area contributed by atoms with E-state index in [1.54, 1.807) is 6.07 Å². The largest absolute Gasteiger partial charge is 0.490 e. The highest BCUT2D eigenvalue weighted by Crippen LogP contribution is 2.45. The van der Waals surface area contributed by atoms with E-state index in [-0.39, 0.29) is 34.5 Å². The molecule has 0 aromatic heterocycles. The Morgan fingerprint density at radius 1 is 1.21 bits per heavy atom. The van der Waals surface area contributed by atoms with Crippen LogP contribution in [0.1, 0.15) is 74.9 Å². The zero-order valence-electron chi connectivity index (χ0n) is 31.9. The zero-order chi connectivity index (χ0) is 38.1. The number of fused-ring (bicyclic) bond motifs is 3. The van der Waals surface area contributed by atoms with Crippen molar-refractivity contribution in [2.45, 2.75) is 95.6 Å². The Labute approximate surface area is 315 Å². The van der Waals surface area contributed by atoms with Crippen LogP contribution in [0.3, 0.4) is 0 Å². The zero-order valence-corrected chi connectivity index (χ0v) is 34.5. The molecule has 3 aliphatic rings. The maximum atomic E-state index is 16.1. The van der Waals surface area contributed by atoms with Crippen molar-refractivity contribution >= 4 is 41.5 Å². The number of carbonyl (C=O) groups excluding carboxylic acids is 1. The Morgan fingerprint density at radius 2 is 1.96 bits per heavy atom. The number of rotatable bonds is 12. The van der Waals surface area contributed by atoms with Gasteiger partial charge >= 0.3 is 5.97 Å². The highest BCUT2D eigenvalue weighted by Gasteiger charge is 2.45. The second-order valence-corrected chi connectivity index (χ2v) is 24.1. The van der Waals surface area contributed by atoms with Crippen LogP contribution in [0.15, 0.2) is 48.3 Å². The summed E-state index contributed by atoms with van der Waals surface area (Å²) < 4.78 is 68.8. The second kappa shape index (κ2) is 16.1. The van der Waals surface area contributed by atoms with E-state index >= 15 is 4.39 Å². The Bertz CT molecular complexity index is 1750. The van der Waals surface area contributed by atoms with E-state index in [0.717, 1.165) is 24.9 Å². The van der Waals surface area contributed by atoms with Crippen molar-refractivity contribution < 1.29 is 36.6 Å². The molecule has 1 aliphatic carbocycles. The lowest BCUT2D eigenvalue weighted by atomic mass is 9.70. The van der Waals surface area contributed by atoms with E-state index in [2.05, 4.69) is 42.2 Å². The van der Waals surface area contributed by atoms with E-state index in [4.69, 9.17) is 30.5 Å². The van der Waals surface area contributed by atoms with Gasteiger partial charge in [0.15, 0.2) is 0 Å². The van der Waals surface area contributed by atoms with Gasteiger partial charge in [0, 0.05) is 43.2 Å². The first-order chi connectivity index (χ1) is 24.4. The van der Waals surface area contributed by atoms with Gasteiger partial charge in [-0.15, -0.1) is 0 Å². The van der Waals surface area contributed by atoms with Gasteiger partial charge in [-0.25, -0.2) is 22.0 Å². The van der Waals surface area contributed by atoms with Crippen LogP contribution in [0, 0.1) is 11.8 Å². The van der Waals surface area contributed by atoms with Crippen molar-refractivity contribution in [2.24, 2.45) is 11.8 Å². The molecule has 0 bridgehead atoms. The number of anilines is 1. The summed E-state index contributed by atoms with van der Waals surface area (Å²) in [6.07, 6.45) is 3.68. The number of hydrogen-bond donors (Lipinski definition) is 1. The fourth-order valence-corrected chi connectivity index (χ4v) is 13.4. The maximum absolute atomic E-state index is 16.1. The molecule has 9 nitrogen and oxygen atoms in total. The molecular formula is C39H56ClFN2O7SSi. The number of sulfonamides is 1. The number of nitrogens with one attached hydrogen (secondary N) is 1. The summed E-state index contributed by atoms with van der Waals surface area (Å²) in [5, 5.41) is 0.555. The van der Waals surface area contributed by atoms with Gasteiger partial charge in [-0.1, -0.05) is 58.5 Å². The third-order valence-corrected chi connectivity index (χ3v) is 19.8. The quantitative estimate of drug-likeness (QED) is 0.172. The number of hydrogen-bond acceptors (Lipinski definition) is 8. The molecule has 1 N–H and O–H groups in total. The first kappa shape index (κ1) is 40.7. The van der Waals surface area contributed by atoms with Crippen molar-refractivity contribution in [1.82, 2.24) is 4.39 Å². The number of benzene rings is 2. The van der Waals surface area contributed by atoms with Crippen LogP contribution < -0.4 is 14.0 Å². The molecular weight excluding hydrogens is 723 g/mol. The number of carbonyl (C=O) groups is 1. The third kappa shape index (κ3) is 9.06. The predicted molar refractivity (Wildman–Crippen MR) is 207 cm³/mol. The van der Waals surface area contributed by atoms with Crippen LogP contribution >= 0.6 is 11.6 Å². The highest BCUT2D eigenvalue weighted by molar-refractivity contribution is 7.90. The number of nitrogens with zero attached hydrogens (tertiary/aromatic N) is 1. The average molecular weight is 779 g/mol. The number of halogens is 2.